The lowest BCUT2D eigenvalue weighted by Gasteiger charge is -2.23. The molecule has 1 aliphatic carbocycles. The van der Waals surface area contributed by atoms with Crippen molar-refractivity contribution < 1.29 is 0 Å². The number of nitrogens with one attached hydrogen (secondary N) is 1. The fourth-order valence-electron chi connectivity index (χ4n) is 4.87. The Morgan fingerprint density at radius 1 is 0.971 bits per heavy atom. The smallest absolute Gasteiger partial charge is 0.180 e. The van der Waals surface area contributed by atoms with Crippen LogP contribution < -0.4 is 0 Å². The first-order valence-electron chi connectivity index (χ1n) is 12.5. The van der Waals surface area contributed by atoms with Crippen LogP contribution in [0.2, 0.25) is 0 Å². The van der Waals surface area contributed by atoms with Gasteiger partial charge in [-0.1, -0.05) is 81.6 Å². The Balaban J connectivity index is 1.39. The second-order valence-electron chi connectivity index (χ2n) is 9.78. The zero-order chi connectivity index (χ0) is 23.3. The van der Waals surface area contributed by atoms with Crippen LogP contribution in [0.25, 0.3) is 22.5 Å². The van der Waals surface area contributed by atoms with Crippen LogP contribution in [0.1, 0.15) is 75.6 Å². The molecule has 2 heterocycles. The molecular weight excluding hydrogens is 422 g/mol. The lowest BCUT2D eigenvalue weighted by molar-refractivity contribution is 0.321. The number of nitrogens with zero attached hydrogens (tertiary/aromatic N) is 6. The molecule has 2 aromatic carbocycles. The van der Waals surface area contributed by atoms with Gasteiger partial charge in [0.25, 0.3) is 0 Å². The van der Waals surface area contributed by atoms with E-state index in [-0.39, 0.29) is 0 Å². The molecule has 0 spiro atoms. The molecule has 4 aromatic rings. The number of aromatic nitrogens is 7. The summed E-state index contributed by atoms with van der Waals surface area (Å²) in [6, 6.07) is 17.5. The van der Waals surface area contributed by atoms with Crippen LogP contribution in [0.4, 0.5) is 0 Å². The number of benzene rings is 2. The molecule has 1 fully saturated rings. The standard InChI is InChI=1S/C27H33N7/c1-19(2)12-17-25-28-26(34(31-25)22-8-4-3-5-9-22)18-20-13-15-21(16-14-20)23-10-6-7-11-24(23)27-29-32-33-30-27/h6-7,10-11,13-16,19,22H,3-5,8-9,12,17-18H2,1-2H3,(H,29,30,32,33). The van der Waals surface area contributed by atoms with E-state index < -0.39 is 0 Å². The maximum absolute atomic E-state index is 5.01. The van der Waals surface area contributed by atoms with E-state index in [1.54, 1.807) is 0 Å². The van der Waals surface area contributed by atoms with Crippen LogP contribution in [0, 0.1) is 5.92 Å². The van der Waals surface area contributed by atoms with Gasteiger partial charge in [-0.3, -0.25) is 0 Å². The Kier molecular flexibility index (Phi) is 6.79. The molecule has 0 atom stereocenters. The van der Waals surface area contributed by atoms with E-state index in [9.17, 15) is 0 Å². The fraction of sp³-hybridized carbons (Fsp3) is 0.444. The van der Waals surface area contributed by atoms with Gasteiger partial charge >= 0.3 is 0 Å². The second kappa shape index (κ2) is 10.3. The number of rotatable bonds is 8. The zero-order valence-corrected chi connectivity index (χ0v) is 20.1. The normalized spacial score (nSPS) is 14.7. The van der Waals surface area contributed by atoms with Crippen LogP contribution in [-0.2, 0) is 12.8 Å². The first kappa shape index (κ1) is 22.4. The molecule has 0 saturated heterocycles. The number of aromatic amines is 1. The van der Waals surface area contributed by atoms with Crippen LogP contribution in [0.3, 0.4) is 0 Å². The maximum atomic E-state index is 5.01. The summed E-state index contributed by atoms with van der Waals surface area (Å²) >= 11 is 0. The third-order valence-electron chi connectivity index (χ3n) is 6.77. The topological polar surface area (TPSA) is 85.2 Å². The van der Waals surface area contributed by atoms with Gasteiger partial charge in [0, 0.05) is 18.4 Å². The van der Waals surface area contributed by atoms with Crippen LogP contribution in [-0.4, -0.2) is 35.4 Å². The second-order valence-corrected chi connectivity index (χ2v) is 9.78. The third kappa shape index (κ3) is 5.08. The van der Waals surface area contributed by atoms with Crippen molar-refractivity contribution >= 4 is 0 Å². The van der Waals surface area contributed by atoms with Gasteiger partial charge in [-0.2, -0.15) is 5.10 Å². The Bertz CT molecular complexity index is 1190. The molecule has 0 unspecified atom stereocenters. The predicted molar refractivity (Wildman–Crippen MR) is 133 cm³/mol. The average molecular weight is 456 g/mol. The first-order chi connectivity index (χ1) is 16.7. The minimum Gasteiger partial charge on any atom is -0.246 e. The lowest BCUT2D eigenvalue weighted by atomic mass is 9.95. The minimum absolute atomic E-state index is 0.491. The molecule has 1 aliphatic rings. The van der Waals surface area contributed by atoms with Crippen molar-refractivity contribution in [1.82, 2.24) is 35.4 Å². The molecule has 2 aromatic heterocycles. The van der Waals surface area contributed by atoms with Crippen molar-refractivity contribution in [3.63, 3.8) is 0 Å². The van der Waals surface area contributed by atoms with Crippen molar-refractivity contribution in [3.05, 3.63) is 65.7 Å². The van der Waals surface area contributed by atoms with Gasteiger partial charge in [0.15, 0.2) is 11.6 Å². The molecule has 176 valence electrons. The molecule has 7 nitrogen and oxygen atoms in total. The van der Waals surface area contributed by atoms with Crippen LogP contribution in [0.15, 0.2) is 48.5 Å². The van der Waals surface area contributed by atoms with E-state index in [1.165, 1.54) is 37.7 Å². The lowest BCUT2D eigenvalue weighted by Crippen LogP contribution is -2.17. The van der Waals surface area contributed by atoms with Crippen LogP contribution >= 0.6 is 0 Å². The highest BCUT2D eigenvalue weighted by atomic mass is 15.5. The third-order valence-corrected chi connectivity index (χ3v) is 6.77. The summed E-state index contributed by atoms with van der Waals surface area (Å²) < 4.78 is 2.26. The Labute approximate surface area is 201 Å². The van der Waals surface area contributed by atoms with Crippen molar-refractivity contribution in [1.29, 1.82) is 0 Å². The van der Waals surface area contributed by atoms with E-state index in [1.807, 2.05) is 18.2 Å². The highest BCUT2D eigenvalue weighted by molar-refractivity contribution is 5.80. The Hall–Kier alpha value is -3.35. The summed E-state index contributed by atoms with van der Waals surface area (Å²) in [5.74, 6) is 3.44. The largest absolute Gasteiger partial charge is 0.246 e. The summed E-state index contributed by atoms with van der Waals surface area (Å²) in [7, 11) is 0. The van der Waals surface area contributed by atoms with E-state index in [2.05, 4.69) is 69.5 Å². The summed E-state index contributed by atoms with van der Waals surface area (Å²) in [4.78, 5) is 5.01. The van der Waals surface area contributed by atoms with Gasteiger partial charge in [-0.15, -0.1) is 5.10 Å². The Morgan fingerprint density at radius 3 is 2.44 bits per heavy atom. The summed E-state index contributed by atoms with van der Waals surface area (Å²) in [6.07, 6.45) is 9.24. The molecule has 0 bridgehead atoms. The molecule has 0 amide bonds. The van der Waals surface area contributed by atoms with Crippen molar-refractivity contribution in [2.75, 3.05) is 0 Å². The number of H-pyrrole nitrogens is 1. The van der Waals surface area contributed by atoms with Crippen LogP contribution in [0.5, 0.6) is 0 Å². The molecule has 34 heavy (non-hydrogen) atoms. The van der Waals surface area contributed by atoms with Gasteiger partial charge in [0.05, 0.1) is 6.04 Å². The maximum Gasteiger partial charge on any atom is 0.180 e. The monoisotopic (exact) mass is 455 g/mol. The van der Waals surface area contributed by atoms with E-state index in [4.69, 9.17) is 10.1 Å². The molecule has 1 N–H and O–H groups in total. The minimum atomic E-state index is 0.491. The number of hydrogen-bond acceptors (Lipinski definition) is 5. The summed E-state index contributed by atoms with van der Waals surface area (Å²) in [5.41, 5.74) is 4.49. The molecule has 5 rings (SSSR count). The highest BCUT2D eigenvalue weighted by Crippen LogP contribution is 2.31. The van der Waals surface area contributed by atoms with Gasteiger partial charge < -0.3 is 0 Å². The van der Waals surface area contributed by atoms with Gasteiger partial charge in [0.1, 0.15) is 5.82 Å². The van der Waals surface area contributed by atoms with E-state index in [0.717, 1.165) is 47.6 Å². The van der Waals surface area contributed by atoms with Crippen molar-refractivity contribution in [2.24, 2.45) is 5.92 Å². The average Bonchev–Trinajstić information content (AvgIpc) is 3.54. The molecule has 0 radical (unpaired) electrons. The predicted octanol–water partition coefficient (Wildman–Crippen LogP) is 5.81. The zero-order valence-electron chi connectivity index (χ0n) is 20.1. The first-order valence-corrected chi connectivity index (χ1v) is 12.5. The SMILES string of the molecule is CC(C)CCc1nc(Cc2ccc(-c3ccccc3-c3nnn[nH]3)cc2)n(C2CCCCC2)n1. The summed E-state index contributed by atoms with van der Waals surface area (Å²) in [6.45, 7) is 4.52. The number of tetrazole rings is 1. The van der Waals surface area contributed by atoms with E-state index in [0.29, 0.717) is 17.8 Å². The van der Waals surface area contributed by atoms with Gasteiger partial charge in [-0.05, 0) is 52.3 Å². The number of aryl methyl sites for hydroxylation is 1. The molecule has 7 heteroatoms. The Morgan fingerprint density at radius 2 is 1.74 bits per heavy atom. The van der Waals surface area contributed by atoms with Crippen molar-refractivity contribution in [2.45, 2.75) is 71.3 Å². The fourth-order valence-corrected chi connectivity index (χ4v) is 4.87. The number of hydrogen-bond donors (Lipinski definition) is 1. The van der Waals surface area contributed by atoms with E-state index >= 15 is 0 Å². The molecule has 0 aliphatic heterocycles. The molecular formula is C27H33N7. The molecule has 1 saturated carbocycles. The van der Waals surface area contributed by atoms with Gasteiger partial charge in [-0.25, -0.2) is 14.8 Å². The van der Waals surface area contributed by atoms with Crippen molar-refractivity contribution in [3.8, 4) is 22.5 Å². The summed E-state index contributed by atoms with van der Waals surface area (Å²) in [5, 5.41) is 19.4. The van der Waals surface area contributed by atoms with Gasteiger partial charge in [0.2, 0.25) is 0 Å². The highest BCUT2D eigenvalue weighted by Gasteiger charge is 2.21. The quantitative estimate of drug-likeness (QED) is 0.362.